The second-order valence-electron chi connectivity index (χ2n) is 4.14. The fourth-order valence-electron chi connectivity index (χ4n) is 1.72. The largest absolute Gasteiger partial charge is 0.379 e. The van der Waals surface area contributed by atoms with Crippen LogP contribution in [0.15, 0.2) is 54.6 Å². The van der Waals surface area contributed by atoms with Crippen LogP contribution >= 0.6 is 0 Å². The van der Waals surface area contributed by atoms with E-state index in [4.69, 9.17) is 0 Å². The van der Waals surface area contributed by atoms with Gasteiger partial charge in [0.1, 0.15) is 0 Å². The SMILES string of the molecule is Cc1ccc(C(C)Nc2ccccc2)cc1. The van der Waals surface area contributed by atoms with Gasteiger partial charge in [0.05, 0.1) is 0 Å². The van der Waals surface area contributed by atoms with E-state index in [2.05, 4.69) is 55.6 Å². The van der Waals surface area contributed by atoms with Gasteiger partial charge >= 0.3 is 0 Å². The zero-order valence-electron chi connectivity index (χ0n) is 9.77. The Labute approximate surface area is 97.1 Å². The lowest BCUT2D eigenvalue weighted by Crippen LogP contribution is -2.06. The van der Waals surface area contributed by atoms with Crippen LogP contribution in [0, 0.1) is 6.92 Å². The molecule has 2 aromatic carbocycles. The van der Waals surface area contributed by atoms with Gasteiger partial charge in [0.25, 0.3) is 0 Å². The van der Waals surface area contributed by atoms with Crippen LogP contribution in [0.5, 0.6) is 0 Å². The van der Waals surface area contributed by atoms with Gasteiger partial charge in [-0.1, -0.05) is 48.0 Å². The molecule has 0 saturated carbocycles. The average molecular weight is 211 g/mol. The van der Waals surface area contributed by atoms with Crippen LogP contribution in [-0.2, 0) is 0 Å². The first kappa shape index (κ1) is 10.7. The van der Waals surface area contributed by atoms with Crippen molar-refractivity contribution in [2.45, 2.75) is 19.9 Å². The van der Waals surface area contributed by atoms with Crippen molar-refractivity contribution in [3.05, 3.63) is 65.7 Å². The quantitative estimate of drug-likeness (QED) is 0.803. The van der Waals surface area contributed by atoms with Gasteiger partial charge in [-0.3, -0.25) is 0 Å². The van der Waals surface area contributed by atoms with Crippen molar-refractivity contribution >= 4 is 5.69 Å². The summed E-state index contributed by atoms with van der Waals surface area (Å²) in [4.78, 5) is 0. The smallest absolute Gasteiger partial charge is 0.0485 e. The molecule has 2 aromatic rings. The normalized spacial score (nSPS) is 12.1. The Morgan fingerprint density at radius 1 is 0.875 bits per heavy atom. The third kappa shape index (κ3) is 2.63. The van der Waals surface area contributed by atoms with Crippen LogP contribution in [-0.4, -0.2) is 0 Å². The van der Waals surface area contributed by atoms with Crippen molar-refractivity contribution in [2.75, 3.05) is 5.32 Å². The molecule has 0 aromatic heterocycles. The standard InChI is InChI=1S/C15H17N/c1-12-8-10-14(11-9-12)13(2)16-15-6-4-3-5-7-15/h3-11,13,16H,1-2H3. The van der Waals surface area contributed by atoms with Crippen molar-refractivity contribution in [2.24, 2.45) is 0 Å². The van der Waals surface area contributed by atoms with Crippen LogP contribution in [0.3, 0.4) is 0 Å². The molecule has 0 radical (unpaired) electrons. The lowest BCUT2D eigenvalue weighted by atomic mass is 10.1. The molecule has 16 heavy (non-hydrogen) atoms. The molecule has 0 bridgehead atoms. The van der Waals surface area contributed by atoms with Crippen molar-refractivity contribution < 1.29 is 0 Å². The summed E-state index contributed by atoms with van der Waals surface area (Å²) >= 11 is 0. The van der Waals surface area contributed by atoms with E-state index in [0.717, 1.165) is 5.69 Å². The van der Waals surface area contributed by atoms with Crippen LogP contribution < -0.4 is 5.32 Å². The fourth-order valence-corrected chi connectivity index (χ4v) is 1.72. The predicted molar refractivity (Wildman–Crippen MR) is 69.7 cm³/mol. The van der Waals surface area contributed by atoms with Gasteiger partial charge in [-0.2, -0.15) is 0 Å². The summed E-state index contributed by atoms with van der Waals surface area (Å²) in [7, 11) is 0. The van der Waals surface area contributed by atoms with Crippen LogP contribution in [0.4, 0.5) is 5.69 Å². The van der Waals surface area contributed by atoms with E-state index < -0.39 is 0 Å². The molecular formula is C15H17N. The predicted octanol–water partition coefficient (Wildman–Crippen LogP) is 4.17. The summed E-state index contributed by atoms with van der Waals surface area (Å²) in [6, 6.07) is 19.3. The zero-order chi connectivity index (χ0) is 11.4. The van der Waals surface area contributed by atoms with Gasteiger partial charge in [0, 0.05) is 11.7 Å². The lowest BCUT2D eigenvalue weighted by molar-refractivity contribution is 0.884. The van der Waals surface area contributed by atoms with Crippen LogP contribution in [0.25, 0.3) is 0 Å². The highest BCUT2D eigenvalue weighted by Gasteiger charge is 2.03. The highest BCUT2D eigenvalue weighted by Crippen LogP contribution is 2.18. The molecule has 1 atom stereocenters. The topological polar surface area (TPSA) is 12.0 Å². The maximum absolute atomic E-state index is 3.48. The van der Waals surface area contributed by atoms with E-state index in [-0.39, 0.29) is 0 Å². The number of rotatable bonds is 3. The molecule has 2 rings (SSSR count). The molecular weight excluding hydrogens is 194 g/mol. The molecule has 0 spiro atoms. The van der Waals surface area contributed by atoms with Gasteiger partial charge in [-0.25, -0.2) is 0 Å². The van der Waals surface area contributed by atoms with E-state index in [1.165, 1.54) is 11.1 Å². The molecule has 0 saturated heterocycles. The summed E-state index contributed by atoms with van der Waals surface area (Å²) in [5.41, 5.74) is 3.78. The van der Waals surface area contributed by atoms with Crippen molar-refractivity contribution in [1.82, 2.24) is 0 Å². The molecule has 1 nitrogen and oxygen atoms in total. The van der Waals surface area contributed by atoms with Crippen LogP contribution in [0.1, 0.15) is 24.1 Å². The molecule has 0 aliphatic carbocycles. The third-order valence-corrected chi connectivity index (χ3v) is 2.73. The Morgan fingerprint density at radius 2 is 1.50 bits per heavy atom. The van der Waals surface area contributed by atoms with Gasteiger partial charge in [-0.05, 0) is 31.5 Å². The highest BCUT2D eigenvalue weighted by atomic mass is 14.9. The van der Waals surface area contributed by atoms with Crippen molar-refractivity contribution in [3.63, 3.8) is 0 Å². The Balaban J connectivity index is 2.09. The van der Waals surface area contributed by atoms with Crippen LogP contribution in [0.2, 0.25) is 0 Å². The first-order valence-corrected chi connectivity index (χ1v) is 5.64. The Kier molecular flexibility index (Phi) is 3.25. The maximum Gasteiger partial charge on any atom is 0.0485 e. The molecule has 0 amide bonds. The molecule has 1 unspecified atom stereocenters. The zero-order valence-corrected chi connectivity index (χ0v) is 9.77. The number of para-hydroxylation sites is 1. The van der Waals surface area contributed by atoms with E-state index in [0.29, 0.717) is 6.04 Å². The molecule has 1 heteroatoms. The average Bonchev–Trinajstić information content (AvgIpc) is 2.31. The first-order chi connectivity index (χ1) is 7.75. The monoisotopic (exact) mass is 211 g/mol. The number of benzene rings is 2. The Bertz CT molecular complexity index is 431. The molecule has 0 fully saturated rings. The van der Waals surface area contributed by atoms with Gasteiger partial charge in [-0.15, -0.1) is 0 Å². The third-order valence-electron chi connectivity index (χ3n) is 2.73. The fraction of sp³-hybridized carbons (Fsp3) is 0.200. The number of anilines is 1. The van der Waals surface area contributed by atoms with Gasteiger partial charge in [0.2, 0.25) is 0 Å². The number of hydrogen-bond donors (Lipinski definition) is 1. The second-order valence-corrected chi connectivity index (χ2v) is 4.14. The van der Waals surface area contributed by atoms with Gasteiger partial charge in [0.15, 0.2) is 0 Å². The highest BCUT2D eigenvalue weighted by molar-refractivity contribution is 5.45. The molecule has 0 aliphatic rings. The van der Waals surface area contributed by atoms with E-state index in [1.54, 1.807) is 0 Å². The van der Waals surface area contributed by atoms with Crippen molar-refractivity contribution in [1.29, 1.82) is 0 Å². The first-order valence-electron chi connectivity index (χ1n) is 5.64. The lowest BCUT2D eigenvalue weighted by Gasteiger charge is -2.15. The number of nitrogens with one attached hydrogen (secondary N) is 1. The van der Waals surface area contributed by atoms with E-state index >= 15 is 0 Å². The number of hydrogen-bond acceptors (Lipinski definition) is 1. The summed E-state index contributed by atoms with van der Waals surface area (Å²) in [5.74, 6) is 0. The summed E-state index contributed by atoms with van der Waals surface area (Å²) in [6.45, 7) is 4.29. The molecule has 0 aliphatic heterocycles. The van der Waals surface area contributed by atoms with Gasteiger partial charge < -0.3 is 5.32 Å². The second kappa shape index (κ2) is 4.84. The van der Waals surface area contributed by atoms with E-state index in [9.17, 15) is 0 Å². The molecule has 0 heterocycles. The Hall–Kier alpha value is -1.76. The number of aryl methyl sites for hydroxylation is 1. The minimum atomic E-state index is 0.336. The summed E-state index contributed by atoms with van der Waals surface area (Å²) in [6.07, 6.45) is 0. The van der Waals surface area contributed by atoms with E-state index in [1.807, 2.05) is 18.2 Å². The molecule has 1 N–H and O–H groups in total. The summed E-state index contributed by atoms with van der Waals surface area (Å²) in [5, 5.41) is 3.48. The minimum Gasteiger partial charge on any atom is -0.379 e. The minimum absolute atomic E-state index is 0.336. The molecule has 82 valence electrons. The van der Waals surface area contributed by atoms with Crippen molar-refractivity contribution in [3.8, 4) is 0 Å². The maximum atomic E-state index is 3.48. The Morgan fingerprint density at radius 3 is 2.12 bits per heavy atom. The summed E-state index contributed by atoms with van der Waals surface area (Å²) < 4.78 is 0.